The van der Waals surface area contributed by atoms with E-state index in [2.05, 4.69) is 17.4 Å². The van der Waals surface area contributed by atoms with E-state index < -0.39 is 23.4 Å². The summed E-state index contributed by atoms with van der Waals surface area (Å²) in [5.41, 5.74) is 7.41. The lowest BCUT2D eigenvalue weighted by atomic mass is 10.0. The van der Waals surface area contributed by atoms with Gasteiger partial charge in [0.05, 0.1) is 31.3 Å². The van der Waals surface area contributed by atoms with Crippen molar-refractivity contribution < 1.29 is 28.2 Å². The average molecular weight is 642 g/mol. The molecule has 46 heavy (non-hydrogen) atoms. The number of amides is 2. The predicted molar refractivity (Wildman–Crippen MR) is 176 cm³/mol. The van der Waals surface area contributed by atoms with Gasteiger partial charge < -0.3 is 35.1 Å². The molecule has 1 aromatic heterocycles. The van der Waals surface area contributed by atoms with E-state index in [4.69, 9.17) is 24.9 Å². The van der Waals surface area contributed by atoms with E-state index in [0.29, 0.717) is 44.8 Å². The van der Waals surface area contributed by atoms with Crippen molar-refractivity contribution in [3.05, 3.63) is 53.0 Å². The summed E-state index contributed by atoms with van der Waals surface area (Å²) in [7, 11) is 0. The van der Waals surface area contributed by atoms with Crippen LogP contribution in [0.1, 0.15) is 89.6 Å². The van der Waals surface area contributed by atoms with Crippen LogP contribution < -0.4 is 15.8 Å². The van der Waals surface area contributed by atoms with Crippen LogP contribution in [0.4, 0.5) is 15.0 Å². The molecule has 1 aromatic carbocycles. The Balaban J connectivity index is 1.39. The lowest BCUT2D eigenvalue weighted by Gasteiger charge is -2.31. The van der Waals surface area contributed by atoms with Crippen molar-refractivity contribution in [3.8, 4) is 5.75 Å². The van der Waals surface area contributed by atoms with Gasteiger partial charge in [-0.3, -0.25) is 4.79 Å². The van der Waals surface area contributed by atoms with E-state index in [1.54, 1.807) is 28.9 Å². The number of hydrogen-bond acceptors (Lipinski definition) is 8. The maximum Gasteiger partial charge on any atom is 0.320 e. The second-order valence-corrected chi connectivity index (χ2v) is 13.4. The second-order valence-electron chi connectivity index (χ2n) is 13.4. The van der Waals surface area contributed by atoms with E-state index in [1.807, 2.05) is 27.7 Å². The number of carbonyl (C=O) groups excluding carboxylic acids is 2. The van der Waals surface area contributed by atoms with E-state index >= 15 is 4.39 Å². The van der Waals surface area contributed by atoms with Crippen molar-refractivity contribution in [1.29, 1.82) is 0 Å². The summed E-state index contributed by atoms with van der Waals surface area (Å²) in [5.74, 6) is 0.0763. The van der Waals surface area contributed by atoms with Gasteiger partial charge in [0, 0.05) is 38.3 Å². The van der Waals surface area contributed by atoms with Gasteiger partial charge in [-0.25, -0.2) is 14.2 Å². The number of hydrogen-bond donors (Lipinski definition) is 2. The van der Waals surface area contributed by atoms with Gasteiger partial charge in [0.25, 0.3) is 0 Å². The van der Waals surface area contributed by atoms with Crippen LogP contribution in [0.15, 0.2) is 30.3 Å². The molecule has 3 N–H and O–H groups in total. The fourth-order valence-electron chi connectivity index (χ4n) is 5.99. The number of nitrogens with zero attached hydrogens (tertiary/aromatic N) is 3. The molecule has 0 radical (unpaired) electrons. The van der Waals surface area contributed by atoms with Crippen LogP contribution in [0.25, 0.3) is 0 Å². The molecule has 0 aliphatic carbocycles. The Bertz CT molecular complexity index is 1340. The number of aryl methyl sites for hydroxylation is 2. The van der Waals surface area contributed by atoms with E-state index in [9.17, 15) is 9.59 Å². The normalized spacial score (nSPS) is 15.8. The molecule has 3 heterocycles. The maximum absolute atomic E-state index is 15.5. The average Bonchev–Trinajstić information content (AvgIpc) is 3.36. The number of rotatable bonds is 17. The number of pyridine rings is 1. The minimum absolute atomic E-state index is 0.0689. The number of nitrogens with two attached hydrogens (primary N) is 1. The fraction of sp³-hybridized carbons (Fsp3) is 0.629. The molecule has 4 rings (SSSR count). The number of ether oxygens (including phenoxy) is 3. The highest BCUT2D eigenvalue weighted by atomic mass is 19.1. The van der Waals surface area contributed by atoms with Gasteiger partial charge in [-0.1, -0.05) is 12.1 Å². The first-order valence-electron chi connectivity index (χ1n) is 16.7. The zero-order valence-electron chi connectivity index (χ0n) is 28.2. The zero-order chi connectivity index (χ0) is 33.3. The minimum Gasteiger partial charge on any atom is -0.485 e. The molecule has 2 aliphatic heterocycles. The van der Waals surface area contributed by atoms with Crippen LogP contribution in [-0.2, 0) is 27.1 Å². The van der Waals surface area contributed by atoms with Crippen molar-refractivity contribution in [2.45, 2.75) is 96.8 Å². The summed E-state index contributed by atoms with van der Waals surface area (Å²) in [6.45, 7) is 13.2. The highest BCUT2D eigenvalue weighted by Crippen LogP contribution is 2.33. The Labute approximate surface area is 273 Å². The molecule has 2 aromatic rings. The van der Waals surface area contributed by atoms with Crippen molar-refractivity contribution in [3.63, 3.8) is 0 Å². The Morgan fingerprint density at radius 1 is 1.13 bits per heavy atom. The number of nitrogens with one attached hydrogen (secondary N) is 1. The molecule has 0 unspecified atom stereocenters. The molecule has 1 saturated heterocycles. The standard InChI is InChI=1S/C35H52FN5O5/c1-6-44-31(42)24-29(26-12-14-30(28(36)23-26)46-35(4,5)16-22-45-34(2,3)15-17-37)41-21-20-40(33(41)43)19-8-10-27-13-11-25-9-7-18-38-32(25)39-27/h11-14,23,29H,6-10,15-22,24,37H2,1-5H3,(H,38,39)/t29-/m0/s1. The molecule has 11 heteroatoms. The largest absolute Gasteiger partial charge is 0.485 e. The predicted octanol–water partition coefficient (Wildman–Crippen LogP) is 5.64. The summed E-state index contributed by atoms with van der Waals surface area (Å²) >= 11 is 0. The Kier molecular flexibility index (Phi) is 12.2. The summed E-state index contributed by atoms with van der Waals surface area (Å²) < 4.78 is 32.8. The first-order chi connectivity index (χ1) is 21.9. The number of urea groups is 1. The fourth-order valence-corrected chi connectivity index (χ4v) is 5.99. The third kappa shape index (κ3) is 9.78. The number of aromatic nitrogens is 1. The molecule has 0 spiro atoms. The number of esters is 1. The highest BCUT2D eigenvalue weighted by molar-refractivity contribution is 5.78. The number of halogens is 1. The minimum atomic E-state index is -0.692. The van der Waals surface area contributed by atoms with Crippen molar-refractivity contribution in [2.75, 3.05) is 51.3 Å². The first-order valence-corrected chi connectivity index (χ1v) is 16.7. The summed E-state index contributed by atoms with van der Waals surface area (Å²) in [6.07, 6.45) is 4.89. The molecular weight excluding hydrogens is 589 g/mol. The molecule has 0 bridgehead atoms. The summed E-state index contributed by atoms with van der Waals surface area (Å²) in [5, 5.41) is 3.37. The highest BCUT2D eigenvalue weighted by Gasteiger charge is 2.36. The van der Waals surface area contributed by atoms with Gasteiger partial charge in [0.15, 0.2) is 11.6 Å². The molecule has 1 atom stereocenters. The van der Waals surface area contributed by atoms with Crippen molar-refractivity contribution in [2.24, 2.45) is 5.73 Å². The van der Waals surface area contributed by atoms with Crippen LogP contribution in [-0.4, -0.2) is 83.9 Å². The van der Waals surface area contributed by atoms with Gasteiger partial charge in [-0.15, -0.1) is 0 Å². The first kappa shape index (κ1) is 35.4. The Morgan fingerprint density at radius 2 is 1.93 bits per heavy atom. The molecule has 2 aliphatic rings. The third-order valence-electron chi connectivity index (χ3n) is 8.65. The van der Waals surface area contributed by atoms with Gasteiger partial charge in [0.1, 0.15) is 11.4 Å². The summed E-state index contributed by atoms with van der Waals surface area (Å²) in [4.78, 5) is 34.4. The number of carbonyl (C=O) groups is 2. The monoisotopic (exact) mass is 641 g/mol. The molecule has 10 nitrogen and oxygen atoms in total. The van der Waals surface area contributed by atoms with Crippen LogP contribution in [0.5, 0.6) is 5.75 Å². The van der Waals surface area contributed by atoms with E-state index in [1.165, 1.54) is 11.6 Å². The SMILES string of the molecule is CCOC(=O)C[C@@H](c1ccc(OC(C)(C)CCOC(C)(C)CCN)c(F)c1)N1CCN(CCCc2ccc3c(n2)NCCC3)C1=O. The Morgan fingerprint density at radius 3 is 2.67 bits per heavy atom. The topological polar surface area (TPSA) is 119 Å². The van der Waals surface area contributed by atoms with Gasteiger partial charge in [-0.05, 0) is 103 Å². The van der Waals surface area contributed by atoms with E-state index in [0.717, 1.165) is 50.2 Å². The number of fused-ring (bicyclic) bond motifs is 1. The van der Waals surface area contributed by atoms with Gasteiger partial charge in [-0.2, -0.15) is 0 Å². The second kappa shape index (κ2) is 15.9. The maximum atomic E-state index is 15.5. The van der Waals surface area contributed by atoms with Crippen molar-refractivity contribution >= 4 is 17.8 Å². The van der Waals surface area contributed by atoms with E-state index in [-0.39, 0.29) is 30.4 Å². The third-order valence-corrected chi connectivity index (χ3v) is 8.65. The molecule has 254 valence electrons. The van der Waals surface area contributed by atoms with Crippen LogP contribution in [0.3, 0.4) is 0 Å². The molecular formula is C35H52FN5O5. The van der Waals surface area contributed by atoms with Gasteiger partial charge >= 0.3 is 12.0 Å². The lowest BCUT2D eigenvalue weighted by molar-refractivity contribution is -0.144. The molecule has 0 saturated carbocycles. The zero-order valence-corrected chi connectivity index (χ0v) is 28.2. The molecule has 2 amide bonds. The molecule has 1 fully saturated rings. The number of benzene rings is 1. The van der Waals surface area contributed by atoms with Gasteiger partial charge in [0.2, 0.25) is 0 Å². The van der Waals surface area contributed by atoms with Crippen LogP contribution >= 0.6 is 0 Å². The van der Waals surface area contributed by atoms with Crippen LogP contribution in [0, 0.1) is 5.82 Å². The van der Waals surface area contributed by atoms with Crippen molar-refractivity contribution in [1.82, 2.24) is 14.8 Å². The van der Waals surface area contributed by atoms with Crippen LogP contribution in [0.2, 0.25) is 0 Å². The smallest absolute Gasteiger partial charge is 0.320 e. The quantitative estimate of drug-likeness (QED) is 0.213. The Hall–Kier alpha value is -3.44. The lowest BCUT2D eigenvalue weighted by Crippen LogP contribution is -2.36. The summed E-state index contributed by atoms with van der Waals surface area (Å²) in [6, 6.07) is 8.03. The number of anilines is 1.